The first-order chi connectivity index (χ1) is 12.1. The van der Waals surface area contributed by atoms with Gasteiger partial charge >= 0.3 is 0 Å². The van der Waals surface area contributed by atoms with Crippen LogP contribution in [-0.4, -0.2) is 62.9 Å². The lowest BCUT2D eigenvalue weighted by Gasteiger charge is -2.33. The van der Waals surface area contributed by atoms with Gasteiger partial charge in [0, 0.05) is 18.6 Å². The van der Waals surface area contributed by atoms with Gasteiger partial charge in [-0.25, -0.2) is 4.68 Å². The van der Waals surface area contributed by atoms with E-state index in [0.29, 0.717) is 16.9 Å². The molecule has 7 heteroatoms. The molecular weight excluding hydrogens is 318 g/mol. The molecule has 2 saturated heterocycles. The molecule has 4 rings (SSSR count). The molecule has 2 aromatic rings. The molecule has 0 unspecified atom stereocenters. The van der Waals surface area contributed by atoms with Crippen molar-refractivity contribution in [3.8, 4) is 0 Å². The summed E-state index contributed by atoms with van der Waals surface area (Å²) in [5, 5.41) is 8.51. The van der Waals surface area contributed by atoms with Crippen molar-refractivity contribution in [2.45, 2.75) is 44.3 Å². The number of hydrogen-bond acceptors (Lipinski definition) is 5. The smallest absolute Gasteiger partial charge is 0.278 e. The highest BCUT2D eigenvalue weighted by molar-refractivity contribution is 5.78. The first kappa shape index (κ1) is 16.2. The Morgan fingerprint density at radius 3 is 2.72 bits per heavy atom. The minimum atomic E-state index is -0.257. The average molecular weight is 341 g/mol. The second-order valence-electron chi connectivity index (χ2n) is 7.06. The first-order valence-corrected chi connectivity index (χ1v) is 8.97. The average Bonchev–Trinajstić information content (AvgIpc) is 3.26. The number of amides is 1. The fourth-order valence-corrected chi connectivity index (χ4v) is 4.27. The maximum Gasteiger partial charge on any atom is 0.278 e. The zero-order valence-electron chi connectivity index (χ0n) is 14.5. The molecule has 0 aliphatic carbocycles. The van der Waals surface area contributed by atoms with Gasteiger partial charge in [0.25, 0.3) is 5.56 Å². The molecule has 3 heterocycles. The topological polar surface area (TPSA) is 71.3 Å². The second kappa shape index (κ2) is 6.55. The van der Waals surface area contributed by atoms with E-state index in [2.05, 4.69) is 22.3 Å². The summed E-state index contributed by atoms with van der Waals surface area (Å²) >= 11 is 0. The van der Waals surface area contributed by atoms with Gasteiger partial charge in [0.1, 0.15) is 12.1 Å². The Morgan fingerprint density at radius 2 is 1.92 bits per heavy atom. The molecule has 7 nitrogen and oxygen atoms in total. The molecule has 2 fully saturated rings. The van der Waals surface area contributed by atoms with Crippen molar-refractivity contribution in [1.29, 1.82) is 0 Å². The van der Waals surface area contributed by atoms with E-state index in [4.69, 9.17) is 0 Å². The van der Waals surface area contributed by atoms with Crippen LogP contribution in [0.4, 0.5) is 0 Å². The van der Waals surface area contributed by atoms with Crippen molar-refractivity contribution in [1.82, 2.24) is 24.8 Å². The van der Waals surface area contributed by atoms with Gasteiger partial charge in [0.2, 0.25) is 5.91 Å². The van der Waals surface area contributed by atoms with Crippen LogP contribution in [0.15, 0.2) is 29.1 Å². The predicted octanol–water partition coefficient (Wildman–Crippen LogP) is 0.877. The number of carbonyl (C=O) groups excluding carboxylic acids is 1. The van der Waals surface area contributed by atoms with Gasteiger partial charge in [-0.05, 0) is 51.4 Å². The molecule has 0 saturated carbocycles. The van der Waals surface area contributed by atoms with Crippen LogP contribution in [0.5, 0.6) is 0 Å². The Hall–Kier alpha value is -2.28. The fourth-order valence-electron chi connectivity index (χ4n) is 4.27. The SMILES string of the molecule is CN1CCC[C@@H]1[C@H]1CCCN1C(=O)Cn1nnc2ccccc2c1=O. The van der Waals surface area contributed by atoms with E-state index >= 15 is 0 Å². The maximum absolute atomic E-state index is 12.9. The van der Waals surface area contributed by atoms with Crippen LogP contribution in [0, 0.1) is 0 Å². The third-order valence-corrected chi connectivity index (χ3v) is 5.55. The van der Waals surface area contributed by atoms with Crippen LogP contribution in [0.1, 0.15) is 25.7 Å². The van der Waals surface area contributed by atoms with Gasteiger partial charge < -0.3 is 9.80 Å². The quantitative estimate of drug-likeness (QED) is 0.829. The molecule has 2 aliphatic heterocycles. The van der Waals surface area contributed by atoms with Crippen molar-refractivity contribution < 1.29 is 4.79 Å². The third-order valence-electron chi connectivity index (χ3n) is 5.55. The molecule has 0 N–H and O–H groups in total. The number of rotatable bonds is 3. The number of aromatic nitrogens is 3. The van der Waals surface area contributed by atoms with Crippen LogP contribution < -0.4 is 5.56 Å². The molecule has 2 aliphatic rings. The Kier molecular flexibility index (Phi) is 4.25. The molecular formula is C18H23N5O2. The Bertz CT molecular complexity index is 849. The molecule has 132 valence electrons. The number of carbonyl (C=O) groups is 1. The minimum Gasteiger partial charge on any atom is -0.337 e. The van der Waals surface area contributed by atoms with E-state index < -0.39 is 0 Å². The summed E-state index contributed by atoms with van der Waals surface area (Å²) in [5.74, 6) is -0.0329. The number of fused-ring (bicyclic) bond motifs is 1. The Balaban J connectivity index is 1.55. The summed E-state index contributed by atoms with van der Waals surface area (Å²) < 4.78 is 1.19. The zero-order valence-corrected chi connectivity index (χ0v) is 14.5. The minimum absolute atomic E-state index is 0.0329. The molecule has 1 amide bonds. The summed E-state index contributed by atoms with van der Waals surface area (Å²) in [6, 6.07) is 7.78. The standard InChI is InChI=1S/C18H23N5O2/c1-21-10-4-8-15(21)16-9-5-11-22(16)17(24)12-23-18(25)13-6-2-3-7-14(13)19-20-23/h2-3,6-7,15-16H,4-5,8-12H2,1H3/t15-,16-/m1/s1. The molecule has 1 aromatic carbocycles. The summed E-state index contributed by atoms with van der Waals surface area (Å²) in [6.07, 6.45) is 4.40. The van der Waals surface area contributed by atoms with Gasteiger partial charge in [-0.15, -0.1) is 5.10 Å². The van der Waals surface area contributed by atoms with E-state index in [0.717, 1.165) is 32.4 Å². The molecule has 2 atom stereocenters. The van der Waals surface area contributed by atoms with Gasteiger partial charge in [-0.1, -0.05) is 17.3 Å². The highest BCUT2D eigenvalue weighted by Crippen LogP contribution is 2.29. The van der Waals surface area contributed by atoms with Gasteiger partial charge in [-0.3, -0.25) is 9.59 Å². The van der Waals surface area contributed by atoms with Gasteiger partial charge in [0.15, 0.2) is 0 Å². The predicted molar refractivity (Wildman–Crippen MR) is 94.2 cm³/mol. The maximum atomic E-state index is 12.9. The van der Waals surface area contributed by atoms with Crippen LogP contribution in [0.25, 0.3) is 10.9 Å². The van der Waals surface area contributed by atoms with E-state index in [1.807, 2.05) is 11.0 Å². The van der Waals surface area contributed by atoms with Crippen molar-refractivity contribution in [3.63, 3.8) is 0 Å². The lowest BCUT2D eigenvalue weighted by atomic mass is 10.0. The van der Waals surface area contributed by atoms with E-state index in [-0.39, 0.29) is 24.1 Å². The zero-order chi connectivity index (χ0) is 17.4. The van der Waals surface area contributed by atoms with Crippen LogP contribution in [0.2, 0.25) is 0 Å². The van der Waals surface area contributed by atoms with Gasteiger partial charge in [0.05, 0.1) is 5.39 Å². The highest BCUT2D eigenvalue weighted by atomic mass is 16.2. The lowest BCUT2D eigenvalue weighted by molar-refractivity contribution is -0.133. The summed E-state index contributed by atoms with van der Waals surface area (Å²) in [6.45, 7) is 1.83. The Morgan fingerprint density at radius 1 is 1.16 bits per heavy atom. The molecule has 1 aromatic heterocycles. The number of hydrogen-bond donors (Lipinski definition) is 0. The van der Waals surface area contributed by atoms with E-state index in [9.17, 15) is 9.59 Å². The van der Waals surface area contributed by atoms with Crippen LogP contribution >= 0.6 is 0 Å². The number of benzene rings is 1. The second-order valence-corrected chi connectivity index (χ2v) is 7.06. The number of likely N-dealkylation sites (tertiary alicyclic amines) is 2. The summed E-state index contributed by atoms with van der Waals surface area (Å²) in [7, 11) is 2.14. The normalized spacial score (nSPS) is 24.3. The number of likely N-dealkylation sites (N-methyl/N-ethyl adjacent to an activating group) is 1. The molecule has 25 heavy (non-hydrogen) atoms. The van der Waals surface area contributed by atoms with Crippen molar-refractivity contribution >= 4 is 16.8 Å². The van der Waals surface area contributed by atoms with E-state index in [1.54, 1.807) is 18.2 Å². The molecule has 0 bridgehead atoms. The van der Waals surface area contributed by atoms with Gasteiger partial charge in [-0.2, -0.15) is 0 Å². The summed E-state index contributed by atoms with van der Waals surface area (Å²) in [4.78, 5) is 29.7. The highest BCUT2D eigenvalue weighted by Gasteiger charge is 2.38. The molecule has 0 radical (unpaired) electrons. The van der Waals surface area contributed by atoms with Crippen molar-refractivity contribution in [2.24, 2.45) is 0 Å². The number of nitrogens with zero attached hydrogens (tertiary/aromatic N) is 5. The summed E-state index contributed by atoms with van der Waals surface area (Å²) in [5.41, 5.74) is 0.301. The third kappa shape index (κ3) is 2.93. The van der Waals surface area contributed by atoms with E-state index in [1.165, 1.54) is 11.1 Å². The lowest BCUT2D eigenvalue weighted by Crippen LogP contribution is -2.48. The molecule has 0 spiro atoms. The first-order valence-electron chi connectivity index (χ1n) is 8.97. The monoisotopic (exact) mass is 341 g/mol. The Labute approximate surface area is 146 Å². The van der Waals surface area contributed by atoms with Crippen molar-refractivity contribution in [2.75, 3.05) is 20.1 Å². The largest absolute Gasteiger partial charge is 0.337 e. The van der Waals surface area contributed by atoms with Crippen LogP contribution in [-0.2, 0) is 11.3 Å². The van der Waals surface area contributed by atoms with Crippen LogP contribution in [0.3, 0.4) is 0 Å². The fraction of sp³-hybridized carbons (Fsp3) is 0.556. The van der Waals surface area contributed by atoms with Crippen molar-refractivity contribution in [3.05, 3.63) is 34.6 Å².